The second kappa shape index (κ2) is 18.8. The third-order valence-corrected chi connectivity index (χ3v) is 8.55. The van der Waals surface area contributed by atoms with Crippen LogP contribution in [0.1, 0.15) is 50.8 Å². The first-order valence-electron chi connectivity index (χ1n) is 15.9. The van der Waals surface area contributed by atoms with Crippen LogP contribution < -0.4 is 10.1 Å². The van der Waals surface area contributed by atoms with Crippen molar-refractivity contribution in [2.75, 3.05) is 60.2 Å². The fourth-order valence-corrected chi connectivity index (χ4v) is 5.82. The molecule has 1 fully saturated rings. The number of carbonyl (C=O) groups excluding carboxylic acids is 2. The molecule has 1 aromatic carbocycles. The molecule has 11 heteroatoms. The van der Waals surface area contributed by atoms with Crippen molar-refractivity contribution in [2.24, 2.45) is 11.8 Å². The number of aliphatic hydroxyl groups is 2. The van der Waals surface area contributed by atoms with E-state index in [1.165, 1.54) is 14.0 Å². The Kier molecular flexibility index (Phi) is 15.2. The van der Waals surface area contributed by atoms with E-state index in [0.29, 0.717) is 44.8 Å². The molecule has 2 aromatic rings. The average Bonchev–Trinajstić information content (AvgIpc) is 3.04. The summed E-state index contributed by atoms with van der Waals surface area (Å²) in [5, 5.41) is 24.8. The van der Waals surface area contributed by atoms with Gasteiger partial charge in [-0.3, -0.25) is 14.6 Å². The molecule has 1 aromatic heterocycles. The fraction of sp³-hybridized carbons (Fsp3) is 0.618. The second-order valence-electron chi connectivity index (χ2n) is 12.0. The van der Waals surface area contributed by atoms with E-state index >= 15 is 0 Å². The van der Waals surface area contributed by atoms with Crippen LogP contribution in [0.2, 0.25) is 0 Å². The summed E-state index contributed by atoms with van der Waals surface area (Å²) in [6.07, 6.45) is 2.38. The summed E-state index contributed by atoms with van der Waals surface area (Å²) in [6, 6.07) is 11.3. The molecule has 3 rings (SSSR count). The van der Waals surface area contributed by atoms with Crippen LogP contribution in [0.5, 0.6) is 5.75 Å². The standard InChI is InChI=1S/C34H52N4O7/c1-24(2)29-21-37(25(3)39)22-31(44-5)34(42)30(40)23-45-18-7-6-17-38(33(29)27-9-8-10-28(19-27)43-4)32(41)20-36-16-13-26-11-14-35-15-12-26/h8-12,14-15,19,24,29-31,33-34,36,40,42H,6-7,13,16-18,20-23H2,1-5H3/t29-,30+,31+,33-,34+/m1/s1. The number of aliphatic hydroxyl groups excluding tert-OH is 2. The number of aromatic nitrogens is 1. The van der Waals surface area contributed by atoms with E-state index in [9.17, 15) is 19.8 Å². The van der Waals surface area contributed by atoms with Gasteiger partial charge in [-0.05, 0) is 67.1 Å². The molecule has 5 atom stereocenters. The average molecular weight is 629 g/mol. The number of carbonyl (C=O) groups is 2. The number of methoxy groups -OCH3 is 2. The highest BCUT2D eigenvalue weighted by Gasteiger charge is 2.37. The number of pyridine rings is 1. The van der Waals surface area contributed by atoms with Gasteiger partial charge >= 0.3 is 0 Å². The van der Waals surface area contributed by atoms with Crippen LogP contribution in [0.4, 0.5) is 0 Å². The lowest BCUT2D eigenvalue weighted by molar-refractivity contribution is -0.139. The summed E-state index contributed by atoms with van der Waals surface area (Å²) in [5.41, 5.74) is 2.06. The molecule has 3 N–H and O–H groups in total. The SMILES string of the molecule is COc1cccc([C@@H]2[C@@H](C(C)C)CN(C(C)=O)C[C@H](OC)[C@@H](O)[C@@H](O)COCCCCN2C(=O)CNCCc2ccncc2)c1. The lowest BCUT2D eigenvalue weighted by atomic mass is 9.82. The van der Waals surface area contributed by atoms with Crippen LogP contribution in [0.25, 0.3) is 0 Å². The van der Waals surface area contributed by atoms with Crippen molar-refractivity contribution in [1.82, 2.24) is 20.1 Å². The van der Waals surface area contributed by atoms with Gasteiger partial charge in [0.2, 0.25) is 11.8 Å². The second-order valence-corrected chi connectivity index (χ2v) is 12.0. The highest BCUT2D eigenvalue weighted by Crippen LogP contribution is 2.36. The van der Waals surface area contributed by atoms with Crippen molar-refractivity contribution in [3.8, 4) is 5.75 Å². The quantitative estimate of drug-likeness (QED) is 0.358. The Bertz CT molecular complexity index is 1170. The molecule has 2 amide bonds. The van der Waals surface area contributed by atoms with Crippen molar-refractivity contribution in [3.05, 3.63) is 59.9 Å². The summed E-state index contributed by atoms with van der Waals surface area (Å²) in [5.74, 6) is 0.340. The van der Waals surface area contributed by atoms with Crippen LogP contribution in [-0.4, -0.2) is 115 Å². The number of hydrogen-bond donors (Lipinski definition) is 3. The Hall–Kier alpha value is -3.09. The monoisotopic (exact) mass is 628 g/mol. The molecule has 1 aliphatic heterocycles. The maximum atomic E-state index is 14.1. The molecule has 1 aliphatic rings. The summed E-state index contributed by atoms with van der Waals surface area (Å²) < 4.78 is 16.8. The van der Waals surface area contributed by atoms with Gasteiger partial charge in [-0.25, -0.2) is 0 Å². The van der Waals surface area contributed by atoms with Crippen molar-refractivity contribution in [2.45, 2.75) is 64.4 Å². The topological polar surface area (TPSA) is 134 Å². The number of rotatable bonds is 9. The number of amides is 2. The maximum Gasteiger partial charge on any atom is 0.237 e. The lowest BCUT2D eigenvalue weighted by Crippen LogP contribution is -2.51. The Balaban J connectivity index is 2.00. The van der Waals surface area contributed by atoms with E-state index in [-0.39, 0.29) is 49.4 Å². The molecule has 250 valence electrons. The molecule has 2 heterocycles. The van der Waals surface area contributed by atoms with Gasteiger partial charge in [0, 0.05) is 58.6 Å². The zero-order chi connectivity index (χ0) is 32.8. The van der Waals surface area contributed by atoms with Gasteiger partial charge in [0.15, 0.2) is 0 Å². The highest BCUT2D eigenvalue weighted by atomic mass is 16.5. The van der Waals surface area contributed by atoms with E-state index in [1.54, 1.807) is 24.4 Å². The molecule has 0 bridgehead atoms. The van der Waals surface area contributed by atoms with Crippen molar-refractivity contribution >= 4 is 11.8 Å². The maximum absolute atomic E-state index is 14.1. The van der Waals surface area contributed by atoms with Crippen LogP contribution >= 0.6 is 0 Å². The van der Waals surface area contributed by atoms with E-state index in [0.717, 1.165) is 17.5 Å². The Morgan fingerprint density at radius 3 is 2.53 bits per heavy atom. The molecule has 0 unspecified atom stereocenters. The van der Waals surface area contributed by atoms with Gasteiger partial charge in [-0.15, -0.1) is 0 Å². The van der Waals surface area contributed by atoms with Gasteiger partial charge in [-0.1, -0.05) is 26.0 Å². The van der Waals surface area contributed by atoms with Gasteiger partial charge in [0.1, 0.15) is 24.1 Å². The first-order chi connectivity index (χ1) is 21.7. The zero-order valence-corrected chi connectivity index (χ0v) is 27.4. The van der Waals surface area contributed by atoms with E-state index in [1.807, 2.05) is 41.3 Å². The third-order valence-electron chi connectivity index (χ3n) is 8.55. The highest BCUT2D eigenvalue weighted by molar-refractivity contribution is 5.79. The third kappa shape index (κ3) is 11.0. The molecule has 0 radical (unpaired) electrons. The number of ether oxygens (including phenoxy) is 3. The molecule has 45 heavy (non-hydrogen) atoms. The Morgan fingerprint density at radius 1 is 1.11 bits per heavy atom. The molecule has 1 saturated heterocycles. The largest absolute Gasteiger partial charge is 0.497 e. The molecule has 0 spiro atoms. The van der Waals surface area contributed by atoms with Crippen molar-refractivity contribution in [3.63, 3.8) is 0 Å². The summed E-state index contributed by atoms with van der Waals surface area (Å²) in [7, 11) is 3.07. The summed E-state index contributed by atoms with van der Waals surface area (Å²) >= 11 is 0. The Labute approximate surface area is 267 Å². The summed E-state index contributed by atoms with van der Waals surface area (Å²) in [6.45, 7) is 7.64. The first-order valence-corrected chi connectivity index (χ1v) is 15.9. The minimum Gasteiger partial charge on any atom is -0.497 e. The van der Waals surface area contributed by atoms with Gasteiger partial charge in [0.05, 0.1) is 26.3 Å². The normalized spacial score (nSPS) is 24.1. The molecule has 0 saturated carbocycles. The molecule has 0 aliphatic carbocycles. The van der Waals surface area contributed by atoms with E-state index in [2.05, 4.69) is 24.1 Å². The van der Waals surface area contributed by atoms with Crippen LogP contribution in [0, 0.1) is 11.8 Å². The molecular weight excluding hydrogens is 576 g/mol. The number of benzene rings is 1. The predicted octanol–water partition coefficient (Wildman–Crippen LogP) is 2.46. The minimum atomic E-state index is -1.25. The van der Waals surface area contributed by atoms with Crippen LogP contribution in [0.3, 0.4) is 0 Å². The molecule has 11 nitrogen and oxygen atoms in total. The van der Waals surface area contributed by atoms with Gasteiger partial charge in [-0.2, -0.15) is 0 Å². The zero-order valence-electron chi connectivity index (χ0n) is 27.4. The van der Waals surface area contributed by atoms with E-state index < -0.39 is 18.3 Å². The predicted molar refractivity (Wildman–Crippen MR) is 172 cm³/mol. The van der Waals surface area contributed by atoms with E-state index in [4.69, 9.17) is 14.2 Å². The number of nitrogens with one attached hydrogen (secondary N) is 1. The van der Waals surface area contributed by atoms with Crippen LogP contribution in [-0.2, 0) is 25.5 Å². The van der Waals surface area contributed by atoms with Gasteiger partial charge < -0.3 is 39.5 Å². The smallest absolute Gasteiger partial charge is 0.237 e. The number of hydrogen-bond acceptors (Lipinski definition) is 9. The van der Waals surface area contributed by atoms with Gasteiger partial charge in [0.25, 0.3) is 0 Å². The van der Waals surface area contributed by atoms with Crippen molar-refractivity contribution < 1.29 is 34.0 Å². The fourth-order valence-electron chi connectivity index (χ4n) is 5.82. The Morgan fingerprint density at radius 2 is 1.87 bits per heavy atom. The lowest BCUT2D eigenvalue weighted by Gasteiger charge is -2.42. The molecular formula is C34H52N4O7. The number of nitrogens with zero attached hydrogens (tertiary/aromatic N) is 3. The summed E-state index contributed by atoms with van der Waals surface area (Å²) in [4.78, 5) is 34.8. The van der Waals surface area contributed by atoms with Crippen LogP contribution in [0.15, 0.2) is 48.8 Å². The first kappa shape index (κ1) is 36.4. The minimum absolute atomic E-state index is 0.0385. The van der Waals surface area contributed by atoms with Crippen molar-refractivity contribution in [1.29, 1.82) is 0 Å².